The molecule has 0 radical (unpaired) electrons. The first-order valence-electron chi connectivity index (χ1n) is 4.35. The van der Waals surface area contributed by atoms with Crippen molar-refractivity contribution in [3.63, 3.8) is 0 Å². The molecule has 1 nitrogen and oxygen atoms in total. The van der Waals surface area contributed by atoms with Crippen molar-refractivity contribution in [2.24, 2.45) is 0 Å². The Morgan fingerprint density at radius 2 is 2.13 bits per heavy atom. The molecule has 0 bridgehead atoms. The van der Waals surface area contributed by atoms with Crippen LogP contribution < -0.4 is 0 Å². The van der Waals surface area contributed by atoms with Crippen molar-refractivity contribution in [3.8, 4) is 0 Å². The van der Waals surface area contributed by atoms with Crippen LogP contribution in [0.3, 0.4) is 0 Å². The summed E-state index contributed by atoms with van der Waals surface area (Å²) in [6.07, 6.45) is -0.533. The summed E-state index contributed by atoms with van der Waals surface area (Å²) in [7, 11) is 0. The van der Waals surface area contributed by atoms with Crippen LogP contribution in [0.2, 0.25) is 0 Å². The zero-order chi connectivity index (χ0) is 10.8. The molecular weight excluding hydrogens is 387 g/mol. The Kier molecular flexibility index (Phi) is 3.82. The summed E-state index contributed by atoms with van der Waals surface area (Å²) in [5.41, 5.74) is 0.921. The summed E-state index contributed by atoms with van der Waals surface area (Å²) < 4.78 is 2.07. The van der Waals surface area contributed by atoms with E-state index in [4.69, 9.17) is 0 Å². The van der Waals surface area contributed by atoms with E-state index in [0.717, 1.165) is 18.5 Å². The highest BCUT2D eigenvalue weighted by Gasteiger charge is 2.14. The largest absolute Gasteiger partial charge is 0.383 e. The molecule has 0 saturated heterocycles. The Balaban J connectivity index is 2.41. The molecule has 1 N–H and O–H groups in total. The lowest BCUT2D eigenvalue weighted by Crippen LogP contribution is -1.98. The van der Waals surface area contributed by atoms with E-state index in [0.29, 0.717) is 0 Å². The maximum Gasteiger partial charge on any atom is 0.114 e. The van der Waals surface area contributed by atoms with Crippen LogP contribution in [-0.2, 0) is 0 Å². The van der Waals surface area contributed by atoms with Crippen molar-refractivity contribution < 1.29 is 5.11 Å². The van der Waals surface area contributed by atoms with E-state index < -0.39 is 6.10 Å². The van der Waals surface area contributed by atoms with Gasteiger partial charge >= 0.3 is 0 Å². The third kappa shape index (κ3) is 2.61. The molecule has 0 saturated carbocycles. The molecule has 1 aromatic heterocycles. The number of hydrogen-bond donors (Lipinski definition) is 1. The highest BCUT2D eigenvalue weighted by atomic mass is 127. The van der Waals surface area contributed by atoms with Gasteiger partial charge in [0.25, 0.3) is 0 Å². The first-order valence-corrected chi connectivity index (χ1v) is 7.10. The van der Waals surface area contributed by atoms with E-state index >= 15 is 0 Å². The molecule has 2 rings (SSSR count). The van der Waals surface area contributed by atoms with Crippen LogP contribution in [0.15, 0.2) is 40.2 Å². The molecule has 4 heteroatoms. The molecule has 0 spiro atoms. The summed E-state index contributed by atoms with van der Waals surface area (Å²) in [5, 5.41) is 12.1. The Bertz CT molecular complexity index is 456. The van der Waals surface area contributed by atoms with Crippen molar-refractivity contribution >= 4 is 49.9 Å². The van der Waals surface area contributed by atoms with E-state index in [2.05, 4.69) is 38.5 Å². The fraction of sp³-hybridized carbons (Fsp3) is 0.0909. The zero-order valence-corrected chi connectivity index (χ0v) is 12.2. The van der Waals surface area contributed by atoms with E-state index in [9.17, 15) is 5.11 Å². The minimum atomic E-state index is -0.533. The first kappa shape index (κ1) is 11.6. The number of thiophene rings is 1. The Morgan fingerprint density at radius 3 is 2.80 bits per heavy atom. The molecule has 78 valence electrons. The number of hydrogen-bond acceptors (Lipinski definition) is 2. The van der Waals surface area contributed by atoms with E-state index in [1.54, 1.807) is 11.3 Å². The highest BCUT2D eigenvalue weighted by molar-refractivity contribution is 14.1. The molecule has 0 fully saturated rings. The van der Waals surface area contributed by atoms with Crippen molar-refractivity contribution in [3.05, 3.63) is 54.2 Å². The van der Waals surface area contributed by atoms with Crippen molar-refractivity contribution in [2.75, 3.05) is 0 Å². The highest BCUT2D eigenvalue weighted by Crippen LogP contribution is 2.31. The van der Waals surface area contributed by atoms with Gasteiger partial charge < -0.3 is 5.11 Å². The lowest BCUT2D eigenvalue weighted by atomic mass is 10.1. The number of rotatable bonds is 2. The third-order valence-electron chi connectivity index (χ3n) is 2.07. The second kappa shape index (κ2) is 4.95. The van der Waals surface area contributed by atoms with E-state index in [-0.39, 0.29) is 0 Å². The lowest BCUT2D eigenvalue weighted by molar-refractivity contribution is 0.223. The lowest BCUT2D eigenvalue weighted by Gasteiger charge is -2.11. The van der Waals surface area contributed by atoms with E-state index in [1.165, 1.54) is 0 Å². The van der Waals surface area contributed by atoms with Crippen molar-refractivity contribution in [1.29, 1.82) is 0 Å². The minimum Gasteiger partial charge on any atom is -0.383 e. The fourth-order valence-electron chi connectivity index (χ4n) is 1.32. The van der Waals surface area contributed by atoms with E-state index in [1.807, 2.05) is 35.7 Å². The van der Waals surface area contributed by atoms with Crippen LogP contribution in [0.25, 0.3) is 0 Å². The smallest absolute Gasteiger partial charge is 0.114 e. The van der Waals surface area contributed by atoms with Gasteiger partial charge in [-0.1, -0.05) is 22.0 Å². The molecule has 1 atom stereocenters. The first-order chi connectivity index (χ1) is 7.18. The van der Waals surface area contributed by atoms with Gasteiger partial charge in [0.15, 0.2) is 0 Å². The number of aliphatic hydroxyl groups excluding tert-OH is 1. The van der Waals surface area contributed by atoms with Gasteiger partial charge in [-0.3, -0.25) is 0 Å². The van der Waals surface area contributed by atoms with Gasteiger partial charge in [-0.25, -0.2) is 0 Å². The van der Waals surface area contributed by atoms with Gasteiger partial charge in [0, 0.05) is 18.5 Å². The summed E-state index contributed by atoms with van der Waals surface area (Å²) in [4.78, 5) is 0.970. The topological polar surface area (TPSA) is 20.2 Å². The summed E-state index contributed by atoms with van der Waals surface area (Å²) in [5.74, 6) is 0. The second-order valence-electron chi connectivity index (χ2n) is 3.08. The number of aliphatic hydroxyl groups is 1. The van der Waals surface area contributed by atoms with Crippen molar-refractivity contribution in [2.45, 2.75) is 6.10 Å². The average Bonchev–Trinajstić information content (AvgIpc) is 2.74. The molecule has 0 aliphatic rings. The van der Waals surface area contributed by atoms with Gasteiger partial charge in [0.05, 0.1) is 0 Å². The molecule has 0 aliphatic carbocycles. The Labute approximate surface area is 114 Å². The number of halogens is 2. The maximum absolute atomic E-state index is 10.2. The predicted octanol–water partition coefficient (Wildman–Crippen LogP) is 4.20. The fourth-order valence-corrected chi connectivity index (χ4v) is 3.03. The van der Waals surface area contributed by atoms with Gasteiger partial charge in [-0.15, -0.1) is 11.3 Å². The average molecular weight is 395 g/mol. The molecule has 0 amide bonds. The molecular formula is C11H8BrIOS. The summed E-state index contributed by atoms with van der Waals surface area (Å²) in [6.45, 7) is 0. The van der Waals surface area contributed by atoms with Crippen LogP contribution in [0, 0.1) is 3.57 Å². The maximum atomic E-state index is 10.2. The normalized spacial score (nSPS) is 12.7. The summed E-state index contributed by atoms with van der Waals surface area (Å²) in [6, 6.07) is 9.87. The van der Waals surface area contributed by atoms with Crippen LogP contribution in [0.1, 0.15) is 16.5 Å². The molecule has 2 aromatic rings. The van der Waals surface area contributed by atoms with Gasteiger partial charge in [0.2, 0.25) is 0 Å². The minimum absolute atomic E-state index is 0.533. The van der Waals surface area contributed by atoms with Crippen LogP contribution >= 0.6 is 49.9 Å². The SMILES string of the molecule is OC(c1cccs1)c1cc(I)ccc1Br. The van der Waals surface area contributed by atoms with Gasteiger partial charge in [-0.05, 0) is 52.2 Å². The molecule has 15 heavy (non-hydrogen) atoms. The zero-order valence-electron chi connectivity index (χ0n) is 7.65. The second-order valence-corrected chi connectivity index (χ2v) is 6.16. The molecule has 1 heterocycles. The van der Waals surface area contributed by atoms with Crippen molar-refractivity contribution in [1.82, 2.24) is 0 Å². The molecule has 1 aromatic carbocycles. The van der Waals surface area contributed by atoms with Crippen LogP contribution in [0.5, 0.6) is 0 Å². The standard InChI is InChI=1S/C11H8BrIOS/c12-9-4-3-7(13)6-8(9)11(14)10-2-1-5-15-10/h1-6,11,14H. The molecule has 0 aliphatic heterocycles. The summed E-state index contributed by atoms with van der Waals surface area (Å²) >= 11 is 7.27. The molecule has 1 unspecified atom stereocenters. The van der Waals surface area contributed by atoms with Crippen LogP contribution in [0.4, 0.5) is 0 Å². The third-order valence-corrected chi connectivity index (χ3v) is 4.38. The predicted molar refractivity (Wildman–Crippen MR) is 75.2 cm³/mol. The monoisotopic (exact) mass is 394 g/mol. The van der Waals surface area contributed by atoms with Gasteiger partial charge in [0.1, 0.15) is 6.10 Å². The number of benzene rings is 1. The quantitative estimate of drug-likeness (QED) is 0.757. The van der Waals surface area contributed by atoms with Gasteiger partial charge in [-0.2, -0.15) is 0 Å². The van der Waals surface area contributed by atoms with Crippen LogP contribution in [-0.4, -0.2) is 5.11 Å². The Morgan fingerprint density at radius 1 is 1.33 bits per heavy atom. The Hall–Kier alpha value is 0.0900.